The lowest BCUT2D eigenvalue weighted by Crippen LogP contribution is -2.29. The second-order valence-corrected chi connectivity index (χ2v) is 4.49. The highest BCUT2D eigenvalue weighted by atomic mass is 16.4. The van der Waals surface area contributed by atoms with E-state index in [-0.39, 0.29) is 12.5 Å². The molecule has 2 aromatic carbocycles. The third kappa shape index (κ3) is 3.23. The van der Waals surface area contributed by atoms with Crippen molar-refractivity contribution in [3.63, 3.8) is 0 Å². The summed E-state index contributed by atoms with van der Waals surface area (Å²) in [6.07, 6.45) is 0. The van der Waals surface area contributed by atoms with Gasteiger partial charge in [0, 0.05) is 5.56 Å². The number of hydrogen-bond donors (Lipinski definition) is 2. The third-order valence-electron chi connectivity index (χ3n) is 2.93. The molecule has 0 spiro atoms. The summed E-state index contributed by atoms with van der Waals surface area (Å²) in [6.45, 7) is 1.61. The molecule has 1 amide bonds. The first kappa shape index (κ1) is 13.8. The molecule has 0 bridgehead atoms. The Morgan fingerprint density at radius 2 is 1.70 bits per heavy atom. The monoisotopic (exact) mass is 269 g/mol. The number of benzene rings is 2. The van der Waals surface area contributed by atoms with E-state index < -0.39 is 5.97 Å². The van der Waals surface area contributed by atoms with Gasteiger partial charge in [-0.05, 0) is 24.1 Å². The van der Waals surface area contributed by atoms with Crippen LogP contribution in [0.5, 0.6) is 0 Å². The number of carbonyl (C=O) groups excluding carboxylic acids is 1. The van der Waals surface area contributed by atoms with Gasteiger partial charge in [0.1, 0.15) is 6.54 Å². The minimum Gasteiger partial charge on any atom is -0.480 e. The first-order chi connectivity index (χ1) is 9.58. The molecule has 0 aromatic heterocycles. The molecule has 0 aliphatic rings. The van der Waals surface area contributed by atoms with Gasteiger partial charge in [-0.1, -0.05) is 48.0 Å². The lowest BCUT2D eigenvalue weighted by molar-refractivity contribution is -0.135. The van der Waals surface area contributed by atoms with Crippen LogP contribution in [0.3, 0.4) is 0 Å². The molecule has 4 heteroatoms. The summed E-state index contributed by atoms with van der Waals surface area (Å²) in [4.78, 5) is 22.5. The number of carbonyl (C=O) groups is 2. The molecule has 0 radical (unpaired) electrons. The molecule has 102 valence electrons. The van der Waals surface area contributed by atoms with Crippen molar-refractivity contribution in [2.75, 3.05) is 6.54 Å². The number of hydrogen-bond acceptors (Lipinski definition) is 2. The van der Waals surface area contributed by atoms with Crippen molar-refractivity contribution in [3.05, 3.63) is 59.7 Å². The van der Waals surface area contributed by atoms with Gasteiger partial charge in [0.25, 0.3) is 5.91 Å². The van der Waals surface area contributed by atoms with Crippen molar-refractivity contribution < 1.29 is 14.7 Å². The maximum Gasteiger partial charge on any atom is 0.322 e. The van der Waals surface area contributed by atoms with E-state index in [4.69, 9.17) is 5.11 Å². The Morgan fingerprint density at radius 3 is 2.35 bits per heavy atom. The van der Waals surface area contributed by atoms with Gasteiger partial charge < -0.3 is 10.4 Å². The van der Waals surface area contributed by atoms with Crippen LogP contribution in [0.15, 0.2) is 48.5 Å². The average molecular weight is 269 g/mol. The van der Waals surface area contributed by atoms with Crippen LogP contribution in [0.25, 0.3) is 11.1 Å². The lowest BCUT2D eigenvalue weighted by Gasteiger charge is -2.09. The van der Waals surface area contributed by atoms with E-state index in [1.807, 2.05) is 43.3 Å². The van der Waals surface area contributed by atoms with Gasteiger partial charge >= 0.3 is 5.97 Å². The van der Waals surface area contributed by atoms with Crippen molar-refractivity contribution in [2.45, 2.75) is 6.92 Å². The number of amides is 1. The highest BCUT2D eigenvalue weighted by Gasteiger charge is 2.12. The highest BCUT2D eigenvalue weighted by molar-refractivity contribution is 6.01. The molecule has 0 saturated carbocycles. The fourth-order valence-corrected chi connectivity index (χ4v) is 1.92. The number of nitrogens with one attached hydrogen (secondary N) is 1. The van der Waals surface area contributed by atoms with Gasteiger partial charge in [-0.25, -0.2) is 0 Å². The predicted molar refractivity (Wildman–Crippen MR) is 76.6 cm³/mol. The van der Waals surface area contributed by atoms with Crippen LogP contribution < -0.4 is 5.32 Å². The van der Waals surface area contributed by atoms with Gasteiger partial charge in [-0.3, -0.25) is 9.59 Å². The SMILES string of the molecule is Cc1ccc(-c2ccccc2C(=O)NCC(=O)O)cc1. The van der Waals surface area contributed by atoms with Crippen molar-refractivity contribution in [1.29, 1.82) is 0 Å². The number of rotatable bonds is 4. The molecular formula is C16H15NO3. The molecule has 2 N–H and O–H groups in total. The molecule has 20 heavy (non-hydrogen) atoms. The Kier molecular flexibility index (Phi) is 4.15. The summed E-state index contributed by atoms with van der Waals surface area (Å²) in [7, 11) is 0. The van der Waals surface area contributed by atoms with Crippen LogP contribution in [0.1, 0.15) is 15.9 Å². The van der Waals surface area contributed by atoms with Crippen LogP contribution >= 0.6 is 0 Å². The molecule has 2 aromatic rings. The molecule has 0 unspecified atom stereocenters. The second kappa shape index (κ2) is 6.02. The maximum absolute atomic E-state index is 12.0. The first-order valence-electron chi connectivity index (χ1n) is 6.24. The van der Waals surface area contributed by atoms with Gasteiger partial charge in [0.2, 0.25) is 0 Å². The number of aliphatic carboxylic acids is 1. The highest BCUT2D eigenvalue weighted by Crippen LogP contribution is 2.23. The summed E-state index contributed by atoms with van der Waals surface area (Å²) in [5.41, 5.74) is 3.33. The summed E-state index contributed by atoms with van der Waals surface area (Å²) >= 11 is 0. The zero-order valence-corrected chi connectivity index (χ0v) is 11.1. The number of carboxylic acids is 1. The Bertz CT molecular complexity index is 632. The molecule has 0 saturated heterocycles. The van der Waals surface area contributed by atoms with Gasteiger partial charge in [-0.2, -0.15) is 0 Å². The van der Waals surface area contributed by atoms with E-state index in [1.165, 1.54) is 0 Å². The first-order valence-corrected chi connectivity index (χ1v) is 6.24. The number of carboxylic acid groups (broad SMARTS) is 1. The van der Waals surface area contributed by atoms with E-state index in [1.54, 1.807) is 12.1 Å². The minimum atomic E-state index is -1.06. The molecule has 0 heterocycles. The average Bonchev–Trinajstić information content (AvgIpc) is 2.45. The van der Waals surface area contributed by atoms with Crippen molar-refractivity contribution in [3.8, 4) is 11.1 Å². The van der Waals surface area contributed by atoms with Crippen molar-refractivity contribution in [1.82, 2.24) is 5.32 Å². The second-order valence-electron chi connectivity index (χ2n) is 4.49. The fourth-order valence-electron chi connectivity index (χ4n) is 1.92. The number of aryl methyl sites for hydroxylation is 1. The molecule has 2 rings (SSSR count). The molecule has 0 aliphatic carbocycles. The quantitative estimate of drug-likeness (QED) is 0.896. The van der Waals surface area contributed by atoms with Crippen LogP contribution in [0, 0.1) is 6.92 Å². The Labute approximate surface area is 117 Å². The van der Waals surface area contributed by atoms with E-state index in [2.05, 4.69) is 5.32 Å². The largest absolute Gasteiger partial charge is 0.480 e. The molecule has 0 atom stereocenters. The molecule has 4 nitrogen and oxygen atoms in total. The fraction of sp³-hybridized carbons (Fsp3) is 0.125. The predicted octanol–water partition coefficient (Wildman–Crippen LogP) is 2.48. The van der Waals surface area contributed by atoms with Crippen LogP contribution in [0.2, 0.25) is 0 Å². The van der Waals surface area contributed by atoms with E-state index >= 15 is 0 Å². The van der Waals surface area contributed by atoms with E-state index in [9.17, 15) is 9.59 Å². The Hall–Kier alpha value is -2.62. The minimum absolute atomic E-state index is 0.386. The summed E-state index contributed by atoms with van der Waals surface area (Å²) in [5, 5.41) is 11.0. The van der Waals surface area contributed by atoms with E-state index in [0.717, 1.165) is 16.7 Å². The van der Waals surface area contributed by atoms with Crippen molar-refractivity contribution in [2.24, 2.45) is 0 Å². The van der Waals surface area contributed by atoms with Gasteiger partial charge in [0.15, 0.2) is 0 Å². The standard InChI is InChI=1S/C16H15NO3/c1-11-6-8-12(9-7-11)13-4-2-3-5-14(13)16(20)17-10-15(18)19/h2-9H,10H2,1H3,(H,17,20)(H,18,19). The summed E-state index contributed by atoms with van der Waals surface area (Å²) in [6, 6.07) is 15.0. The maximum atomic E-state index is 12.0. The lowest BCUT2D eigenvalue weighted by atomic mass is 9.98. The van der Waals surface area contributed by atoms with Gasteiger partial charge in [0.05, 0.1) is 0 Å². The zero-order chi connectivity index (χ0) is 14.5. The molecule has 0 fully saturated rings. The van der Waals surface area contributed by atoms with Crippen molar-refractivity contribution >= 4 is 11.9 Å². The third-order valence-corrected chi connectivity index (χ3v) is 2.93. The topological polar surface area (TPSA) is 66.4 Å². The summed E-state index contributed by atoms with van der Waals surface area (Å²) < 4.78 is 0. The zero-order valence-electron chi connectivity index (χ0n) is 11.1. The van der Waals surface area contributed by atoms with E-state index in [0.29, 0.717) is 5.56 Å². The smallest absolute Gasteiger partial charge is 0.322 e. The normalized spacial score (nSPS) is 10.1. The van der Waals surface area contributed by atoms with Crippen LogP contribution in [0.4, 0.5) is 0 Å². The molecular weight excluding hydrogens is 254 g/mol. The van der Waals surface area contributed by atoms with Crippen LogP contribution in [-0.2, 0) is 4.79 Å². The Morgan fingerprint density at radius 1 is 1.05 bits per heavy atom. The Balaban J connectivity index is 2.33. The van der Waals surface area contributed by atoms with Crippen LogP contribution in [-0.4, -0.2) is 23.5 Å². The van der Waals surface area contributed by atoms with Gasteiger partial charge in [-0.15, -0.1) is 0 Å². The molecule has 0 aliphatic heterocycles. The summed E-state index contributed by atoms with van der Waals surface area (Å²) in [5.74, 6) is -1.45.